The molecule has 0 unspecified atom stereocenters. The van der Waals surface area contributed by atoms with Gasteiger partial charge < -0.3 is 16.2 Å². The average Bonchev–Trinajstić information content (AvgIpc) is 2.95. The minimum absolute atomic E-state index is 0.00201. The number of phenolic OH excluding ortho intramolecular Hbond substituents is 1. The van der Waals surface area contributed by atoms with E-state index >= 15 is 0 Å². The number of nitrogens with two attached hydrogens (primary N) is 1. The molecule has 1 amide bonds. The van der Waals surface area contributed by atoms with Gasteiger partial charge in [-0.1, -0.05) is 36.4 Å². The lowest BCUT2D eigenvalue weighted by Gasteiger charge is -2.08. The van der Waals surface area contributed by atoms with Crippen molar-refractivity contribution < 1.29 is 14.3 Å². The van der Waals surface area contributed by atoms with Gasteiger partial charge in [-0.2, -0.15) is 5.11 Å². The highest BCUT2D eigenvalue weighted by atomic mass is 19.1. The van der Waals surface area contributed by atoms with Gasteiger partial charge in [0.05, 0.1) is 23.8 Å². The molecule has 5 aromatic rings. The molecule has 3 aromatic carbocycles. The summed E-state index contributed by atoms with van der Waals surface area (Å²) in [5, 5.41) is 21.1. The van der Waals surface area contributed by atoms with E-state index in [0.29, 0.717) is 16.8 Å². The molecule has 2 heterocycles. The molecule has 9 nitrogen and oxygen atoms in total. The Balaban J connectivity index is 1.20. The lowest BCUT2D eigenvalue weighted by atomic mass is 10.1. The van der Waals surface area contributed by atoms with Gasteiger partial charge in [0.15, 0.2) is 5.82 Å². The molecule has 0 fully saturated rings. The Hall–Kier alpha value is -5.51. The van der Waals surface area contributed by atoms with E-state index < -0.39 is 11.7 Å². The third-order valence-corrected chi connectivity index (χ3v) is 5.74. The fraction of sp³-hybridized carbons (Fsp3) is 0.0345. The molecular weight excluding hydrogens is 497 g/mol. The van der Waals surface area contributed by atoms with E-state index in [1.807, 2.05) is 42.5 Å². The minimum atomic E-state index is -0.625. The number of pyridine rings is 1. The van der Waals surface area contributed by atoms with Crippen molar-refractivity contribution in [1.82, 2.24) is 15.0 Å². The quantitative estimate of drug-likeness (QED) is 0.209. The second-order valence-electron chi connectivity index (χ2n) is 8.50. The lowest BCUT2D eigenvalue weighted by Crippen LogP contribution is -2.10. The molecule has 0 saturated carbocycles. The van der Waals surface area contributed by atoms with E-state index in [2.05, 4.69) is 30.5 Å². The molecule has 0 aliphatic rings. The number of primary amides is 1. The first-order valence-electron chi connectivity index (χ1n) is 11.9. The van der Waals surface area contributed by atoms with Crippen LogP contribution >= 0.6 is 0 Å². The zero-order valence-corrected chi connectivity index (χ0v) is 20.5. The van der Waals surface area contributed by atoms with Crippen LogP contribution in [0.25, 0.3) is 22.4 Å². The van der Waals surface area contributed by atoms with E-state index in [1.54, 1.807) is 36.5 Å². The number of amides is 1. The number of anilines is 2. The molecule has 0 aliphatic heterocycles. The minimum Gasteiger partial charge on any atom is -0.508 e. The third kappa shape index (κ3) is 6.25. The second kappa shape index (κ2) is 11.3. The van der Waals surface area contributed by atoms with Crippen molar-refractivity contribution in [3.05, 3.63) is 114 Å². The smallest absolute Gasteiger partial charge is 0.269 e. The normalized spacial score (nSPS) is 11.0. The molecule has 0 saturated heterocycles. The standard InChI is InChI=1S/C29H22FN7O2/c30-26-17-33-29(36-27(26)19-4-6-20(7-5-19)28(31)39)37-34-16-23-12-13-24(15-32-23)35-22-10-8-18(9-11-22)21-2-1-3-25(38)14-21/h1-15,17,35,38H,16H2,(H2,31,39). The Bertz CT molecular complexity index is 1640. The SMILES string of the molecule is NC(=O)c1ccc(-c2nc(N=NCc3ccc(Nc4ccc(-c5cccc(O)c5)cc4)cn3)ncc2F)cc1. The summed E-state index contributed by atoms with van der Waals surface area (Å²) in [7, 11) is 0. The summed E-state index contributed by atoms with van der Waals surface area (Å²) in [4.78, 5) is 23.7. The topological polar surface area (TPSA) is 139 Å². The lowest BCUT2D eigenvalue weighted by molar-refractivity contribution is 0.100. The number of carbonyl (C=O) groups excluding carboxylic acids is 1. The molecule has 0 atom stereocenters. The van der Waals surface area contributed by atoms with Crippen LogP contribution in [-0.4, -0.2) is 26.0 Å². The number of halogens is 1. The van der Waals surface area contributed by atoms with Gasteiger partial charge >= 0.3 is 0 Å². The van der Waals surface area contributed by atoms with E-state index in [-0.39, 0.29) is 23.9 Å². The van der Waals surface area contributed by atoms with Crippen molar-refractivity contribution in [3.63, 3.8) is 0 Å². The van der Waals surface area contributed by atoms with Gasteiger partial charge in [0, 0.05) is 16.8 Å². The van der Waals surface area contributed by atoms with Crippen LogP contribution in [0.2, 0.25) is 0 Å². The van der Waals surface area contributed by atoms with Crippen LogP contribution in [0.15, 0.2) is 108 Å². The van der Waals surface area contributed by atoms with E-state index in [4.69, 9.17) is 5.73 Å². The van der Waals surface area contributed by atoms with Crippen molar-refractivity contribution in [2.75, 3.05) is 5.32 Å². The molecule has 192 valence electrons. The zero-order valence-electron chi connectivity index (χ0n) is 20.5. The summed E-state index contributed by atoms with van der Waals surface area (Å²) in [6, 6.07) is 24.7. The molecule has 0 spiro atoms. The monoisotopic (exact) mass is 519 g/mol. The summed E-state index contributed by atoms with van der Waals surface area (Å²) in [6.07, 6.45) is 2.71. The summed E-state index contributed by atoms with van der Waals surface area (Å²) in [5.41, 5.74) is 10.3. The fourth-order valence-electron chi connectivity index (χ4n) is 3.76. The number of carbonyl (C=O) groups is 1. The van der Waals surface area contributed by atoms with Crippen LogP contribution in [0.1, 0.15) is 16.1 Å². The van der Waals surface area contributed by atoms with E-state index in [1.165, 1.54) is 12.1 Å². The van der Waals surface area contributed by atoms with Crippen LogP contribution < -0.4 is 11.1 Å². The predicted octanol–water partition coefficient (Wildman–Crippen LogP) is 6.18. The number of azo groups is 1. The van der Waals surface area contributed by atoms with Crippen molar-refractivity contribution in [2.45, 2.75) is 6.54 Å². The number of benzene rings is 3. The highest BCUT2D eigenvalue weighted by molar-refractivity contribution is 5.93. The van der Waals surface area contributed by atoms with Gasteiger partial charge in [0.1, 0.15) is 18.0 Å². The molecule has 0 bridgehead atoms. The van der Waals surface area contributed by atoms with Gasteiger partial charge in [-0.3, -0.25) is 9.78 Å². The number of hydrogen-bond donors (Lipinski definition) is 3. The van der Waals surface area contributed by atoms with Gasteiger partial charge in [0.25, 0.3) is 5.95 Å². The molecule has 4 N–H and O–H groups in total. The van der Waals surface area contributed by atoms with Crippen molar-refractivity contribution in [3.8, 4) is 28.1 Å². The maximum atomic E-state index is 14.3. The van der Waals surface area contributed by atoms with Gasteiger partial charge in [0.2, 0.25) is 5.91 Å². The second-order valence-corrected chi connectivity index (χ2v) is 8.50. The van der Waals surface area contributed by atoms with Gasteiger partial charge in [-0.25, -0.2) is 14.4 Å². The fourth-order valence-corrected chi connectivity index (χ4v) is 3.76. The number of aromatic hydroxyl groups is 1. The molecule has 39 heavy (non-hydrogen) atoms. The zero-order chi connectivity index (χ0) is 27.2. The highest BCUT2D eigenvalue weighted by Gasteiger charge is 2.10. The molecule has 0 aliphatic carbocycles. The summed E-state index contributed by atoms with van der Waals surface area (Å²) in [5.74, 6) is -0.974. The number of nitrogens with zero attached hydrogens (tertiary/aromatic N) is 5. The molecule has 5 rings (SSSR count). The number of rotatable bonds is 8. The maximum Gasteiger partial charge on any atom is 0.269 e. The summed E-state index contributed by atoms with van der Waals surface area (Å²) < 4.78 is 14.3. The number of hydrogen-bond acceptors (Lipinski definition) is 8. The van der Waals surface area contributed by atoms with Crippen LogP contribution in [0.3, 0.4) is 0 Å². The predicted molar refractivity (Wildman–Crippen MR) is 145 cm³/mol. The van der Waals surface area contributed by atoms with Crippen LogP contribution in [-0.2, 0) is 6.54 Å². The van der Waals surface area contributed by atoms with Gasteiger partial charge in [-0.15, -0.1) is 5.11 Å². The molecule has 2 aromatic heterocycles. The van der Waals surface area contributed by atoms with E-state index in [9.17, 15) is 14.3 Å². The Labute approximate surface area is 223 Å². The van der Waals surface area contributed by atoms with Crippen molar-refractivity contribution >= 4 is 23.2 Å². The van der Waals surface area contributed by atoms with Crippen molar-refractivity contribution in [1.29, 1.82) is 0 Å². The van der Waals surface area contributed by atoms with Crippen LogP contribution in [0.4, 0.5) is 21.7 Å². The first-order valence-corrected chi connectivity index (χ1v) is 11.9. The Kier molecular flexibility index (Phi) is 7.26. The highest BCUT2D eigenvalue weighted by Crippen LogP contribution is 2.26. The summed E-state index contributed by atoms with van der Waals surface area (Å²) in [6.45, 7) is 0.183. The molecule has 0 radical (unpaired) electrons. The average molecular weight is 520 g/mol. The van der Waals surface area contributed by atoms with Crippen LogP contribution in [0, 0.1) is 5.82 Å². The molecular formula is C29H22FN7O2. The number of phenols is 1. The Morgan fingerprint density at radius 2 is 1.62 bits per heavy atom. The largest absolute Gasteiger partial charge is 0.508 e. The maximum absolute atomic E-state index is 14.3. The summed E-state index contributed by atoms with van der Waals surface area (Å²) >= 11 is 0. The van der Waals surface area contributed by atoms with Crippen molar-refractivity contribution in [2.24, 2.45) is 16.0 Å². The first-order chi connectivity index (χ1) is 18.9. The number of aromatic nitrogens is 3. The number of nitrogens with one attached hydrogen (secondary N) is 1. The third-order valence-electron chi connectivity index (χ3n) is 5.74. The Morgan fingerprint density at radius 3 is 2.31 bits per heavy atom. The van der Waals surface area contributed by atoms with Gasteiger partial charge in [-0.05, 0) is 59.7 Å². The molecule has 10 heteroatoms. The van der Waals surface area contributed by atoms with Crippen LogP contribution in [0.5, 0.6) is 5.75 Å². The first kappa shape index (κ1) is 25.2. The Morgan fingerprint density at radius 1 is 0.872 bits per heavy atom. The van der Waals surface area contributed by atoms with E-state index in [0.717, 1.165) is 28.7 Å².